The Balaban J connectivity index is 1.63. The first-order chi connectivity index (χ1) is 9.29. The van der Waals surface area contributed by atoms with Gasteiger partial charge in [0, 0.05) is 32.1 Å². The Kier molecular flexibility index (Phi) is 6.47. The SMILES string of the molecule is COCC1CCN(C(=O)CSC2CCNCC2)CC1. The van der Waals surface area contributed by atoms with E-state index in [0.29, 0.717) is 22.8 Å². The van der Waals surface area contributed by atoms with E-state index in [1.165, 1.54) is 12.8 Å². The lowest BCUT2D eigenvalue weighted by Crippen LogP contribution is -2.40. The molecule has 0 aromatic heterocycles. The number of likely N-dealkylation sites (tertiary alicyclic amines) is 1. The summed E-state index contributed by atoms with van der Waals surface area (Å²) < 4.78 is 5.19. The highest BCUT2D eigenvalue weighted by Gasteiger charge is 2.23. The average molecular weight is 286 g/mol. The predicted octanol–water partition coefficient (Wildman–Crippen LogP) is 1.36. The lowest BCUT2D eigenvalue weighted by molar-refractivity contribution is -0.129. The number of hydrogen-bond donors (Lipinski definition) is 1. The number of nitrogens with zero attached hydrogens (tertiary/aromatic N) is 1. The van der Waals surface area contributed by atoms with Gasteiger partial charge in [-0.05, 0) is 44.7 Å². The van der Waals surface area contributed by atoms with Crippen molar-refractivity contribution >= 4 is 17.7 Å². The zero-order valence-electron chi connectivity index (χ0n) is 11.9. The summed E-state index contributed by atoms with van der Waals surface area (Å²) in [6, 6.07) is 0. The highest BCUT2D eigenvalue weighted by molar-refractivity contribution is 8.00. The molecule has 19 heavy (non-hydrogen) atoms. The Morgan fingerprint density at radius 3 is 2.58 bits per heavy atom. The monoisotopic (exact) mass is 286 g/mol. The number of thioether (sulfide) groups is 1. The molecule has 5 heteroatoms. The van der Waals surface area contributed by atoms with E-state index in [-0.39, 0.29) is 0 Å². The number of ether oxygens (including phenoxy) is 1. The third-order valence-electron chi connectivity index (χ3n) is 4.10. The second-order valence-corrected chi connectivity index (χ2v) is 6.83. The quantitative estimate of drug-likeness (QED) is 0.828. The minimum atomic E-state index is 0.333. The van der Waals surface area contributed by atoms with Crippen molar-refractivity contribution in [3.63, 3.8) is 0 Å². The Morgan fingerprint density at radius 2 is 1.95 bits per heavy atom. The van der Waals surface area contributed by atoms with Crippen LogP contribution < -0.4 is 5.32 Å². The van der Waals surface area contributed by atoms with E-state index in [1.54, 1.807) is 7.11 Å². The molecule has 0 aromatic carbocycles. The van der Waals surface area contributed by atoms with Crippen molar-refractivity contribution in [3.8, 4) is 0 Å². The topological polar surface area (TPSA) is 41.6 Å². The van der Waals surface area contributed by atoms with E-state index in [2.05, 4.69) is 5.32 Å². The molecule has 0 aliphatic carbocycles. The second kappa shape index (κ2) is 8.12. The molecule has 4 nitrogen and oxygen atoms in total. The third kappa shape index (κ3) is 4.97. The Labute approximate surface area is 120 Å². The molecule has 2 rings (SSSR count). The molecule has 0 spiro atoms. The van der Waals surface area contributed by atoms with Crippen LogP contribution in [-0.4, -0.2) is 61.7 Å². The van der Waals surface area contributed by atoms with E-state index in [4.69, 9.17) is 4.74 Å². The Morgan fingerprint density at radius 1 is 1.26 bits per heavy atom. The number of rotatable bonds is 5. The fourth-order valence-corrected chi connectivity index (χ4v) is 3.96. The molecule has 0 unspecified atom stereocenters. The van der Waals surface area contributed by atoms with Gasteiger partial charge in [-0.15, -0.1) is 11.8 Å². The van der Waals surface area contributed by atoms with Gasteiger partial charge in [-0.1, -0.05) is 0 Å². The summed E-state index contributed by atoms with van der Waals surface area (Å²) in [4.78, 5) is 14.2. The number of carbonyl (C=O) groups is 1. The molecular formula is C14H26N2O2S. The van der Waals surface area contributed by atoms with Crippen LogP contribution in [0.2, 0.25) is 0 Å². The molecule has 1 amide bonds. The normalized spacial score (nSPS) is 22.7. The first kappa shape index (κ1) is 15.1. The lowest BCUT2D eigenvalue weighted by atomic mass is 9.98. The fourth-order valence-electron chi connectivity index (χ4n) is 2.83. The molecule has 0 atom stereocenters. The second-order valence-electron chi connectivity index (χ2n) is 5.54. The molecular weight excluding hydrogens is 260 g/mol. The smallest absolute Gasteiger partial charge is 0.232 e. The summed E-state index contributed by atoms with van der Waals surface area (Å²) in [7, 11) is 1.76. The van der Waals surface area contributed by atoms with Gasteiger partial charge in [0.25, 0.3) is 0 Å². The van der Waals surface area contributed by atoms with Crippen LogP contribution in [0.25, 0.3) is 0 Å². The van der Waals surface area contributed by atoms with Crippen LogP contribution >= 0.6 is 11.8 Å². The van der Waals surface area contributed by atoms with Crippen molar-refractivity contribution in [1.82, 2.24) is 10.2 Å². The highest BCUT2D eigenvalue weighted by atomic mass is 32.2. The zero-order valence-corrected chi connectivity index (χ0v) is 12.7. The number of piperidine rings is 2. The van der Waals surface area contributed by atoms with E-state index >= 15 is 0 Å². The van der Waals surface area contributed by atoms with E-state index < -0.39 is 0 Å². The number of hydrogen-bond acceptors (Lipinski definition) is 4. The Hall–Kier alpha value is -0.260. The maximum absolute atomic E-state index is 12.2. The predicted molar refractivity (Wildman–Crippen MR) is 79.5 cm³/mol. The van der Waals surface area contributed by atoms with Gasteiger partial charge in [0.15, 0.2) is 0 Å². The maximum atomic E-state index is 12.2. The van der Waals surface area contributed by atoms with E-state index in [1.807, 2.05) is 16.7 Å². The lowest BCUT2D eigenvalue weighted by Gasteiger charge is -2.32. The summed E-state index contributed by atoms with van der Waals surface area (Å²) in [5.41, 5.74) is 0. The standard InChI is InChI=1S/C14H26N2O2S/c1-18-10-12-4-8-16(9-5-12)14(17)11-19-13-2-6-15-7-3-13/h12-13,15H,2-11H2,1H3. The summed E-state index contributed by atoms with van der Waals surface area (Å²) in [6.07, 6.45) is 4.59. The third-order valence-corrected chi connectivity index (χ3v) is 5.45. The van der Waals surface area contributed by atoms with Crippen LogP contribution in [0.3, 0.4) is 0 Å². The summed E-state index contributed by atoms with van der Waals surface area (Å²) in [5, 5.41) is 4.04. The summed E-state index contributed by atoms with van der Waals surface area (Å²) in [6.45, 7) is 4.88. The van der Waals surface area contributed by atoms with Gasteiger partial charge in [0.1, 0.15) is 0 Å². The molecule has 0 saturated carbocycles. The number of carbonyl (C=O) groups excluding carboxylic acids is 1. The van der Waals surface area contributed by atoms with Crippen molar-refractivity contribution in [2.75, 3.05) is 45.6 Å². The van der Waals surface area contributed by atoms with Crippen molar-refractivity contribution in [1.29, 1.82) is 0 Å². The minimum Gasteiger partial charge on any atom is -0.384 e. The number of nitrogens with one attached hydrogen (secondary N) is 1. The van der Waals surface area contributed by atoms with Gasteiger partial charge in [-0.3, -0.25) is 4.79 Å². The van der Waals surface area contributed by atoms with Gasteiger partial charge < -0.3 is 15.0 Å². The molecule has 0 bridgehead atoms. The van der Waals surface area contributed by atoms with Crippen molar-refractivity contribution in [2.45, 2.75) is 30.9 Å². The first-order valence-corrected chi connectivity index (χ1v) is 8.43. The summed E-state index contributed by atoms with van der Waals surface area (Å²) >= 11 is 1.85. The number of amides is 1. The van der Waals surface area contributed by atoms with Crippen LogP contribution in [-0.2, 0) is 9.53 Å². The molecule has 0 radical (unpaired) electrons. The van der Waals surface area contributed by atoms with Gasteiger partial charge in [-0.25, -0.2) is 0 Å². The van der Waals surface area contributed by atoms with Gasteiger partial charge in [0.05, 0.1) is 5.75 Å². The minimum absolute atomic E-state index is 0.333. The van der Waals surface area contributed by atoms with Crippen LogP contribution in [0.15, 0.2) is 0 Å². The van der Waals surface area contributed by atoms with Crippen molar-refractivity contribution in [3.05, 3.63) is 0 Å². The van der Waals surface area contributed by atoms with Crippen molar-refractivity contribution < 1.29 is 9.53 Å². The van der Waals surface area contributed by atoms with Gasteiger partial charge in [0.2, 0.25) is 5.91 Å². The van der Waals surface area contributed by atoms with E-state index in [0.717, 1.165) is 45.6 Å². The van der Waals surface area contributed by atoms with Crippen LogP contribution in [0.4, 0.5) is 0 Å². The van der Waals surface area contributed by atoms with Crippen LogP contribution in [0.1, 0.15) is 25.7 Å². The first-order valence-electron chi connectivity index (χ1n) is 7.38. The fraction of sp³-hybridized carbons (Fsp3) is 0.929. The van der Waals surface area contributed by atoms with Gasteiger partial charge >= 0.3 is 0 Å². The zero-order chi connectivity index (χ0) is 13.5. The molecule has 2 fully saturated rings. The van der Waals surface area contributed by atoms with Crippen molar-refractivity contribution in [2.24, 2.45) is 5.92 Å². The molecule has 2 aliphatic rings. The van der Waals surface area contributed by atoms with Gasteiger partial charge in [-0.2, -0.15) is 0 Å². The number of methoxy groups -OCH3 is 1. The molecule has 2 heterocycles. The van der Waals surface area contributed by atoms with E-state index in [9.17, 15) is 4.79 Å². The molecule has 2 aliphatic heterocycles. The molecule has 2 saturated heterocycles. The van der Waals surface area contributed by atoms with Crippen LogP contribution in [0, 0.1) is 5.92 Å². The van der Waals surface area contributed by atoms with Crippen LogP contribution in [0.5, 0.6) is 0 Å². The largest absolute Gasteiger partial charge is 0.384 e. The Bertz CT molecular complexity index is 275. The summed E-state index contributed by atoms with van der Waals surface area (Å²) in [5.74, 6) is 1.64. The molecule has 0 aromatic rings. The highest BCUT2D eigenvalue weighted by Crippen LogP contribution is 2.22. The maximum Gasteiger partial charge on any atom is 0.232 e. The average Bonchev–Trinajstić information content (AvgIpc) is 2.47. The molecule has 110 valence electrons. The molecule has 1 N–H and O–H groups in total.